The lowest BCUT2D eigenvalue weighted by atomic mass is 9.96. The van der Waals surface area contributed by atoms with Crippen molar-refractivity contribution in [2.75, 3.05) is 13.1 Å². The van der Waals surface area contributed by atoms with E-state index in [1.54, 1.807) is 17.3 Å². The molecule has 1 saturated heterocycles. The van der Waals surface area contributed by atoms with Crippen LogP contribution in [0.15, 0.2) is 48.8 Å². The Morgan fingerprint density at radius 1 is 1.04 bits per heavy atom. The summed E-state index contributed by atoms with van der Waals surface area (Å²) in [5.74, 6) is -1.20. The lowest BCUT2D eigenvalue weighted by molar-refractivity contribution is -0.143. The second kappa shape index (κ2) is 6.60. The zero-order chi connectivity index (χ0) is 16.2. The van der Waals surface area contributed by atoms with Crippen molar-refractivity contribution in [3.05, 3.63) is 54.4 Å². The highest BCUT2D eigenvalue weighted by Gasteiger charge is 2.27. The Balaban J connectivity index is 1.75. The Kier molecular flexibility index (Phi) is 4.37. The molecule has 1 aromatic carbocycles. The zero-order valence-corrected chi connectivity index (χ0v) is 12.7. The number of aromatic nitrogens is 1. The van der Waals surface area contributed by atoms with E-state index in [-0.39, 0.29) is 11.8 Å². The Bertz CT molecular complexity index is 707. The van der Waals surface area contributed by atoms with Crippen LogP contribution in [0.1, 0.15) is 23.2 Å². The van der Waals surface area contributed by atoms with Crippen LogP contribution >= 0.6 is 0 Å². The summed E-state index contributed by atoms with van der Waals surface area (Å²) in [4.78, 5) is 29.5. The smallest absolute Gasteiger partial charge is 0.306 e. The van der Waals surface area contributed by atoms with Gasteiger partial charge in [0.1, 0.15) is 0 Å². The number of amides is 1. The van der Waals surface area contributed by atoms with Gasteiger partial charge in [-0.05, 0) is 24.5 Å². The van der Waals surface area contributed by atoms with Gasteiger partial charge in [0.15, 0.2) is 0 Å². The molecule has 1 aromatic heterocycles. The molecule has 1 aliphatic rings. The average molecular weight is 310 g/mol. The van der Waals surface area contributed by atoms with Crippen LogP contribution in [0.2, 0.25) is 0 Å². The standard InChI is InChI=1S/C18H18N2O3/c21-17(20-8-6-14(7-9-20)18(22)23)16-10-15(11-19-12-16)13-4-2-1-3-5-13/h1-5,10-12,14H,6-9H2,(H,22,23). The highest BCUT2D eigenvalue weighted by atomic mass is 16.4. The van der Waals surface area contributed by atoms with Crippen LogP contribution in [0, 0.1) is 5.92 Å². The normalized spacial score (nSPS) is 15.4. The van der Waals surface area contributed by atoms with Gasteiger partial charge in [-0.2, -0.15) is 0 Å². The third-order valence-electron chi connectivity index (χ3n) is 4.22. The van der Waals surface area contributed by atoms with Crippen LogP contribution in [-0.2, 0) is 4.79 Å². The molecule has 2 aromatic rings. The molecule has 0 aliphatic carbocycles. The van der Waals surface area contributed by atoms with Gasteiger partial charge in [0.05, 0.1) is 11.5 Å². The van der Waals surface area contributed by atoms with E-state index in [0.29, 0.717) is 31.5 Å². The third kappa shape index (κ3) is 3.39. The first kappa shape index (κ1) is 15.2. The fourth-order valence-corrected chi connectivity index (χ4v) is 2.86. The molecule has 0 atom stereocenters. The number of likely N-dealkylation sites (tertiary alicyclic amines) is 1. The molecule has 5 nitrogen and oxygen atoms in total. The number of hydrogen-bond acceptors (Lipinski definition) is 3. The summed E-state index contributed by atoms with van der Waals surface area (Å²) >= 11 is 0. The molecular weight excluding hydrogens is 292 g/mol. The second-order valence-electron chi connectivity index (χ2n) is 5.73. The number of nitrogens with zero attached hydrogens (tertiary/aromatic N) is 2. The maximum atomic E-state index is 12.6. The van der Waals surface area contributed by atoms with Crippen molar-refractivity contribution in [1.82, 2.24) is 9.88 Å². The zero-order valence-electron chi connectivity index (χ0n) is 12.7. The molecule has 0 bridgehead atoms. The Hall–Kier alpha value is -2.69. The summed E-state index contributed by atoms with van der Waals surface area (Å²) in [6, 6.07) is 11.6. The molecule has 2 heterocycles. The van der Waals surface area contributed by atoms with Crippen molar-refractivity contribution >= 4 is 11.9 Å². The van der Waals surface area contributed by atoms with Gasteiger partial charge in [-0.15, -0.1) is 0 Å². The summed E-state index contributed by atoms with van der Waals surface area (Å²) in [5.41, 5.74) is 2.45. The number of piperidine rings is 1. The fraction of sp³-hybridized carbons (Fsp3) is 0.278. The molecule has 0 saturated carbocycles. The minimum absolute atomic E-state index is 0.0841. The molecule has 5 heteroatoms. The van der Waals surface area contributed by atoms with Crippen molar-refractivity contribution in [3.8, 4) is 11.1 Å². The van der Waals surface area contributed by atoms with E-state index in [4.69, 9.17) is 5.11 Å². The van der Waals surface area contributed by atoms with Crippen LogP contribution in [0.5, 0.6) is 0 Å². The Labute approximate surface area is 134 Å². The first-order valence-corrected chi connectivity index (χ1v) is 7.67. The van der Waals surface area contributed by atoms with Crippen molar-refractivity contribution in [2.24, 2.45) is 5.92 Å². The monoisotopic (exact) mass is 310 g/mol. The number of carboxylic acids is 1. The first-order chi connectivity index (χ1) is 11.1. The molecule has 23 heavy (non-hydrogen) atoms. The summed E-state index contributed by atoms with van der Waals surface area (Å²) < 4.78 is 0. The minimum atomic E-state index is -0.773. The van der Waals surface area contributed by atoms with Gasteiger partial charge in [-0.1, -0.05) is 30.3 Å². The molecule has 0 unspecified atom stereocenters. The van der Waals surface area contributed by atoms with Crippen LogP contribution in [0.4, 0.5) is 0 Å². The number of carbonyl (C=O) groups excluding carboxylic acids is 1. The number of benzene rings is 1. The topological polar surface area (TPSA) is 70.5 Å². The van der Waals surface area contributed by atoms with E-state index >= 15 is 0 Å². The molecule has 118 valence electrons. The fourth-order valence-electron chi connectivity index (χ4n) is 2.86. The van der Waals surface area contributed by atoms with Crippen LogP contribution in [0.3, 0.4) is 0 Å². The number of carboxylic acid groups (broad SMARTS) is 1. The number of carbonyl (C=O) groups is 2. The van der Waals surface area contributed by atoms with Crippen LogP contribution in [-0.4, -0.2) is 40.0 Å². The van der Waals surface area contributed by atoms with Crippen LogP contribution < -0.4 is 0 Å². The highest BCUT2D eigenvalue weighted by Crippen LogP contribution is 2.22. The summed E-state index contributed by atoms with van der Waals surface area (Å²) in [6.07, 6.45) is 4.32. The molecule has 3 rings (SSSR count). The van der Waals surface area contributed by atoms with Gasteiger partial charge in [0.2, 0.25) is 0 Å². The van der Waals surface area contributed by atoms with Gasteiger partial charge in [-0.3, -0.25) is 14.6 Å². The van der Waals surface area contributed by atoms with Gasteiger partial charge in [0.25, 0.3) is 5.91 Å². The number of hydrogen-bond donors (Lipinski definition) is 1. The van der Waals surface area contributed by atoms with Gasteiger partial charge < -0.3 is 10.0 Å². The predicted molar refractivity (Wildman–Crippen MR) is 85.9 cm³/mol. The molecule has 1 amide bonds. The van der Waals surface area contributed by atoms with E-state index in [0.717, 1.165) is 11.1 Å². The number of pyridine rings is 1. The van der Waals surface area contributed by atoms with Crippen molar-refractivity contribution in [2.45, 2.75) is 12.8 Å². The van der Waals surface area contributed by atoms with E-state index in [1.165, 1.54) is 0 Å². The van der Waals surface area contributed by atoms with E-state index in [9.17, 15) is 9.59 Å². The Morgan fingerprint density at radius 2 is 1.74 bits per heavy atom. The largest absolute Gasteiger partial charge is 0.481 e. The number of aliphatic carboxylic acids is 1. The van der Waals surface area contributed by atoms with Crippen molar-refractivity contribution in [1.29, 1.82) is 0 Å². The maximum absolute atomic E-state index is 12.6. The minimum Gasteiger partial charge on any atom is -0.481 e. The van der Waals surface area contributed by atoms with E-state index < -0.39 is 5.97 Å². The molecule has 1 fully saturated rings. The highest BCUT2D eigenvalue weighted by molar-refractivity contribution is 5.95. The summed E-state index contributed by atoms with van der Waals surface area (Å²) in [7, 11) is 0. The predicted octanol–water partition coefficient (Wildman–Crippen LogP) is 2.69. The van der Waals surface area contributed by atoms with E-state index in [2.05, 4.69) is 4.98 Å². The molecule has 0 radical (unpaired) electrons. The second-order valence-corrected chi connectivity index (χ2v) is 5.73. The quantitative estimate of drug-likeness (QED) is 0.946. The van der Waals surface area contributed by atoms with E-state index in [1.807, 2.05) is 36.4 Å². The SMILES string of the molecule is O=C(O)C1CCN(C(=O)c2cncc(-c3ccccc3)c2)CC1. The lowest BCUT2D eigenvalue weighted by Gasteiger charge is -2.30. The van der Waals surface area contributed by atoms with Gasteiger partial charge in [0, 0.05) is 31.0 Å². The molecule has 1 aliphatic heterocycles. The first-order valence-electron chi connectivity index (χ1n) is 7.67. The summed E-state index contributed by atoms with van der Waals surface area (Å²) in [5, 5.41) is 9.03. The molecular formula is C18H18N2O3. The molecule has 0 spiro atoms. The Morgan fingerprint density at radius 3 is 2.39 bits per heavy atom. The van der Waals surface area contributed by atoms with Gasteiger partial charge in [-0.25, -0.2) is 0 Å². The maximum Gasteiger partial charge on any atom is 0.306 e. The van der Waals surface area contributed by atoms with Gasteiger partial charge >= 0.3 is 5.97 Å². The number of rotatable bonds is 3. The summed E-state index contributed by atoms with van der Waals surface area (Å²) in [6.45, 7) is 0.955. The average Bonchev–Trinajstić information content (AvgIpc) is 2.62. The van der Waals surface area contributed by atoms with Crippen molar-refractivity contribution < 1.29 is 14.7 Å². The lowest BCUT2D eigenvalue weighted by Crippen LogP contribution is -2.40. The van der Waals surface area contributed by atoms with Crippen LogP contribution in [0.25, 0.3) is 11.1 Å². The molecule has 1 N–H and O–H groups in total. The van der Waals surface area contributed by atoms with Crippen molar-refractivity contribution in [3.63, 3.8) is 0 Å². The third-order valence-corrected chi connectivity index (χ3v) is 4.22.